The van der Waals surface area contributed by atoms with Gasteiger partial charge in [-0.15, -0.1) is 0 Å². The summed E-state index contributed by atoms with van der Waals surface area (Å²) in [5.74, 6) is -1.83. The number of ketones is 1. The number of hydrogen-bond acceptors (Lipinski definition) is 5. The van der Waals surface area contributed by atoms with Crippen molar-refractivity contribution in [2.75, 3.05) is 40.8 Å². The number of carbonyl (C=O) groups is 3. The number of esters is 1. The largest absolute Gasteiger partial charge is 0.464 e. The molecule has 0 aliphatic heterocycles. The predicted molar refractivity (Wildman–Crippen MR) is 107 cm³/mol. The van der Waals surface area contributed by atoms with E-state index in [1.165, 1.54) is 30.2 Å². The number of aromatic nitrogens is 1. The molecular weight excluding hydrogens is 377 g/mol. The first-order valence-electron chi connectivity index (χ1n) is 9.16. The van der Waals surface area contributed by atoms with E-state index in [1.807, 2.05) is 19.0 Å². The zero-order valence-corrected chi connectivity index (χ0v) is 17.3. The maximum Gasteiger partial charge on any atom is 0.354 e. The molecule has 1 aromatic carbocycles. The van der Waals surface area contributed by atoms with Gasteiger partial charge in [0.05, 0.1) is 13.7 Å². The van der Waals surface area contributed by atoms with Crippen molar-refractivity contribution in [2.24, 2.45) is 0 Å². The SMILES string of the molecule is COC(=O)c1[nH]c(C)c(C(=O)CN(CCN(C)C)C(=O)c2cccc(F)c2)c1C. The number of aromatic amines is 1. The van der Waals surface area contributed by atoms with E-state index in [4.69, 9.17) is 4.74 Å². The number of aryl methyl sites for hydroxylation is 1. The Labute approximate surface area is 169 Å². The molecule has 2 rings (SSSR count). The average Bonchev–Trinajstić information content (AvgIpc) is 2.97. The maximum atomic E-state index is 13.6. The molecule has 0 saturated carbocycles. The number of hydrogen-bond donors (Lipinski definition) is 1. The quantitative estimate of drug-likeness (QED) is 0.541. The van der Waals surface area contributed by atoms with Crippen molar-refractivity contribution in [3.63, 3.8) is 0 Å². The highest BCUT2D eigenvalue weighted by Gasteiger charge is 2.26. The molecule has 1 amide bonds. The Hall–Kier alpha value is -3.00. The van der Waals surface area contributed by atoms with Gasteiger partial charge in [-0.3, -0.25) is 9.59 Å². The van der Waals surface area contributed by atoms with E-state index >= 15 is 0 Å². The minimum Gasteiger partial charge on any atom is -0.464 e. The minimum atomic E-state index is -0.565. The van der Waals surface area contributed by atoms with Crippen molar-refractivity contribution in [1.29, 1.82) is 0 Å². The number of rotatable bonds is 8. The van der Waals surface area contributed by atoms with Crippen molar-refractivity contribution in [1.82, 2.24) is 14.8 Å². The first-order chi connectivity index (χ1) is 13.6. The summed E-state index contributed by atoms with van der Waals surface area (Å²) in [6.07, 6.45) is 0. The summed E-state index contributed by atoms with van der Waals surface area (Å²) in [6, 6.07) is 5.38. The van der Waals surface area contributed by atoms with Gasteiger partial charge in [-0.05, 0) is 51.7 Å². The second-order valence-electron chi connectivity index (χ2n) is 7.08. The summed E-state index contributed by atoms with van der Waals surface area (Å²) in [5.41, 5.74) is 1.75. The highest BCUT2D eigenvalue weighted by atomic mass is 19.1. The molecule has 0 bridgehead atoms. The van der Waals surface area contributed by atoms with Crippen molar-refractivity contribution >= 4 is 17.7 Å². The second kappa shape index (κ2) is 9.47. The van der Waals surface area contributed by atoms with E-state index in [-0.39, 0.29) is 23.6 Å². The molecule has 8 heteroatoms. The Bertz CT molecular complexity index is 921. The number of nitrogens with one attached hydrogen (secondary N) is 1. The van der Waals surface area contributed by atoms with Crippen LogP contribution in [0.1, 0.15) is 42.5 Å². The van der Waals surface area contributed by atoms with E-state index in [2.05, 4.69) is 4.98 Å². The van der Waals surface area contributed by atoms with Crippen LogP contribution in [0.4, 0.5) is 4.39 Å². The number of benzene rings is 1. The lowest BCUT2D eigenvalue weighted by molar-refractivity contribution is 0.0593. The van der Waals surface area contributed by atoms with Crippen LogP contribution in [-0.4, -0.2) is 73.3 Å². The highest BCUT2D eigenvalue weighted by molar-refractivity contribution is 6.05. The van der Waals surface area contributed by atoms with Crippen molar-refractivity contribution in [3.05, 3.63) is 58.2 Å². The van der Waals surface area contributed by atoms with Crippen LogP contribution in [0.5, 0.6) is 0 Å². The van der Waals surface area contributed by atoms with Crippen LogP contribution in [0.15, 0.2) is 24.3 Å². The van der Waals surface area contributed by atoms with Gasteiger partial charge in [-0.2, -0.15) is 0 Å². The van der Waals surface area contributed by atoms with E-state index in [0.717, 1.165) is 6.07 Å². The summed E-state index contributed by atoms with van der Waals surface area (Å²) < 4.78 is 18.3. The molecule has 0 aliphatic rings. The van der Waals surface area contributed by atoms with Gasteiger partial charge in [0.1, 0.15) is 11.5 Å². The Balaban J connectivity index is 2.31. The molecular formula is C21H26FN3O4. The number of ether oxygens (including phenoxy) is 1. The molecule has 156 valence electrons. The molecule has 0 saturated heterocycles. The zero-order chi connectivity index (χ0) is 21.7. The first kappa shape index (κ1) is 22.3. The molecule has 0 aliphatic carbocycles. The molecule has 0 fully saturated rings. The Kier molecular flexibility index (Phi) is 7.28. The van der Waals surface area contributed by atoms with Crippen LogP contribution in [0.2, 0.25) is 0 Å². The molecule has 0 radical (unpaired) electrons. The first-order valence-corrected chi connectivity index (χ1v) is 9.16. The van der Waals surface area contributed by atoms with Gasteiger partial charge in [0.15, 0.2) is 5.78 Å². The Morgan fingerprint density at radius 3 is 2.41 bits per heavy atom. The van der Waals surface area contributed by atoms with Gasteiger partial charge in [0, 0.05) is 29.9 Å². The van der Waals surface area contributed by atoms with E-state index in [9.17, 15) is 18.8 Å². The highest BCUT2D eigenvalue weighted by Crippen LogP contribution is 2.20. The molecule has 2 aromatic rings. The fourth-order valence-corrected chi connectivity index (χ4v) is 3.10. The summed E-state index contributed by atoms with van der Waals surface area (Å²) in [4.78, 5) is 44.0. The standard InChI is InChI=1S/C21H26FN3O4/c1-13-18(14(2)23-19(13)21(28)29-5)17(26)12-25(10-9-24(3)4)20(27)15-7-6-8-16(22)11-15/h6-8,11,23H,9-10,12H2,1-5H3. The number of methoxy groups -OCH3 is 1. The zero-order valence-electron chi connectivity index (χ0n) is 17.3. The predicted octanol–water partition coefficient (Wildman–Crippen LogP) is 2.44. The number of likely N-dealkylation sites (N-methyl/N-ethyl adjacent to an activating group) is 1. The number of amides is 1. The third-order valence-corrected chi connectivity index (χ3v) is 4.62. The lowest BCUT2D eigenvalue weighted by Crippen LogP contribution is -2.40. The number of halogens is 1. The van der Waals surface area contributed by atoms with Gasteiger partial charge in [0.2, 0.25) is 0 Å². The fraction of sp³-hybridized carbons (Fsp3) is 0.381. The fourth-order valence-electron chi connectivity index (χ4n) is 3.10. The Morgan fingerprint density at radius 2 is 1.83 bits per heavy atom. The molecule has 0 atom stereocenters. The van der Waals surface area contributed by atoms with Gasteiger partial charge >= 0.3 is 5.97 Å². The lowest BCUT2D eigenvalue weighted by atomic mass is 10.0. The van der Waals surface area contributed by atoms with E-state index < -0.39 is 17.7 Å². The summed E-state index contributed by atoms with van der Waals surface area (Å²) in [6.45, 7) is 3.98. The number of H-pyrrole nitrogens is 1. The smallest absolute Gasteiger partial charge is 0.354 e. The molecule has 1 N–H and O–H groups in total. The summed E-state index contributed by atoms with van der Waals surface area (Å²) >= 11 is 0. The number of nitrogens with zero attached hydrogens (tertiary/aromatic N) is 2. The van der Waals surface area contributed by atoms with Crippen molar-refractivity contribution < 1.29 is 23.5 Å². The summed E-state index contributed by atoms with van der Waals surface area (Å²) in [5, 5.41) is 0. The topological polar surface area (TPSA) is 82.7 Å². The van der Waals surface area contributed by atoms with E-state index in [1.54, 1.807) is 13.8 Å². The molecule has 0 unspecified atom stereocenters. The van der Waals surface area contributed by atoms with Crippen LogP contribution >= 0.6 is 0 Å². The second-order valence-corrected chi connectivity index (χ2v) is 7.08. The van der Waals surface area contributed by atoms with Gasteiger partial charge in [-0.25, -0.2) is 9.18 Å². The molecule has 7 nitrogen and oxygen atoms in total. The van der Waals surface area contributed by atoms with Crippen molar-refractivity contribution in [2.45, 2.75) is 13.8 Å². The third-order valence-electron chi connectivity index (χ3n) is 4.62. The van der Waals surface area contributed by atoms with Crippen LogP contribution in [0.3, 0.4) is 0 Å². The van der Waals surface area contributed by atoms with Crippen LogP contribution < -0.4 is 0 Å². The van der Waals surface area contributed by atoms with Gasteiger partial charge in [0.25, 0.3) is 5.91 Å². The maximum absolute atomic E-state index is 13.6. The van der Waals surface area contributed by atoms with Gasteiger partial charge in [-0.1, -0.05) is 6.07 Å². The summed E-state index contributed by atoms with van der Waals surface area (Å²) in [7, 11) is 4.98. The Morgan fingerprint density at radius 1 is 1.14 bits per heavy atom. The molecule has 29 heavy (non-hydrogen) atoms. The van der Waals surface area contributed by atoms with Crippen LogP contribution in [0.25, 0.3) is 0 Å². The lowest BCUT2D eigenvalue weighted by Gasteiger charge is -2.24. The average molecular weight is 403 g/mol. The number of Topliss-reactive ketones (excluding diaryl/α,β-unsaturated/α-hetero) is 1. The van der Waals surface area contributed by atoms with E-state index in [0.29, 0.717) is 29.9 Å². The minimum absolute atomic E-state index is 0.175. The normalized spacial score (nSPS) is 10.9. The van der Waals surface area contributed by atoms with Crippen LogP contribution in [0, 0.1) is 19.7 Å². The van der Waals surface area contributed by atoms with Gasteiger partial charge < -0.3 is 19.5 Å². The van der Waals surface area contributed by atoms with Crippen molar-refractivity contribution in [3.8, 4) is 0 Å². The molecule has 1 aromatic heterocycles. The molecule has 0 spiro atoms. The monoisotopic (exact) mass is 403 g/mol. The molecule has 1 heterocycles. The number of carbonyl (C=O) groups excluding carboxylic acids is 3. The van der Waals surface area contributed by atoms with Crippen LogP contribution in [-0.2, 0) is 4.74 Å². The third kappa shape index (κ3) is 5.29.